The number of aryl methyl sites for hydroxylation is 1. The fourth-order valence-corrected chi connectivity index (χ4v) is 1.63. The Bertz CT molecular complexity index is 704. The van der Waals surface area contributed by atoms with Crippen molar-refractivity contribution in [1.82, 2.24) is 20.3 Å². The van der Waals surface area contributed by atoms with Crippen molar-refractivity contribution < 1.29 is 12.1 Å². The average molecular weight is 267 g/mol. The summed E-state index contributed by atoms with van der Waals surface area (Å²) in [7, 11) is 2.83. The number of nitro benzene ring substituents is 1. The summed E-state index contributed by atoms with van der Waals surface area (Å²) >= 11 is 0. The highest BCUT2D eigenvalue weighted by atomic mass is 19.1. The van der Waals surface area contributed by atoms with E-state index in [1.54, 1.807) is 0 Å². The van der Waals surface area contributed by atoms with Crippen molar-refractivity contribution in [3.05, 3.63) is 39.8 Å². The Morgan fingerprint density at radius 1 is 1.58 bits per heavy atom. The minimum absolute atomic E-state index is 0.0851. The lowest BCUT2D eigenvalue weighted by Crippen LogP contribution is -2.07. The van der Waals surface area contributed by atoms with Crippen LogP contribution in [0.15, 0.2) is 18.2 Å². The van der Waals surface area contributed by atoms with Crippen molar-refractivity contribution >= 4 is 5.69 Å². The van der Waals surface area contributed by atoms with Crippen LogP contribution in [-0.4, -0.2) is 27.0 Å². The molecule has 8 heteroatoms. The maximum Gasteiger partial charge on any atom is 0.305 e. The normalized spacial score (nSPS) is 13.0. The molecular weight excluding hydrogens is 253 g/mol. The van der Waals surface area contributed by atoms with Gasteiger partial charge in [-0.15, -0.1) is 0 Å². The summed E-state index contributed by atoms with van der Waals surface area (Å²) in [5.41, 5.74) is -1.11. The van der Waals surface area contributed by atoms with Crippen molar-refractivity contribution in [2.75, 3.05) is 7.05 Å². The first-order valence-electron chi connectivity index (χ1n) is 6.32. The molecule has 2 aromatic rings. The molecule has 0 unspecified atom stereocenters. The Morgan fingerprint density at radius 2 is 2.32 bits per heavy atom. The zero-order valence-corrected chi connectivity index (χ0v) is 10.2. The van der Waals surface area contributed by atoms with Crippen LogP contribution in [0.25, 0.3) is 11.3 Å². The van der Waals surface area contributed by atoms with Crippen LogP contribution in [0.1, 0.15) is 8.44 Å². The maximum absolute atomic E-state index is 14.2. The van der Waals surface area contributed by atoms with Crippen molar-refractivity contribution in [3.8, 4) is 11.3 Å². The molecular formula is C11H12FN5O2. The van der Waals surface area contributed by atoms with Gasteiger partial charge >= 0.3 is 5.69 Å². The van der Waals surface area contributed by atoms with Crippen LogP contribution in [-0.2, 0) is 13.5 Å². The third-order valence-corrected chi connectivity index (χ3v) is 2.39. The molecule has 1 heterocycles. The molecule has 1 aromatic carbocycles. The van der Waals surface area contributed by atoms with Crippen LogP contribution >= 0.6 is 0 Å². The number of halogens is 1. The van der Waals surface area contributed by atoms with E-state index in [0.717, 1.165) is 10.9 Å². The second-order valence-corrected chi connectivity index (χ2v) is 3.66. The van der Waals surface area contributed by atoms with Crippen LogP contribution in [0.4, 0.5) is 10.1 Å². The van der Waals surface area contributed by atoms with E-state index in [9.17, 15) is 14.5 Å². The topological polar surface area (TPSA) is 85.9 Å². The first-order valence-corrected chi connectivity index (χ1v) is 5.32. The van der Waals surface area contributed by atoms with Gasteiger partial charge in [0.05, 0.1) is 4.92 Å². The van der Waals surface area contributed by atoms with Gasteiger partial charge < -0.3 is 5.32 Å². The Hall–Kier alpha value is -2.35. The van der Waals surface area contributed by atoms with Crippen molar-refractivity contribution in [2.45, 2.75) is 6.50 Å². The molecule has 100 valence electrons. The van der Waals surface area contributed by atoms with Gasteiger partial charge in [0.1, 0.15) is 11.4 Å². The molecule has 0 amide bonds. The number of hydrogen-bond acceptors (Lipinski definition) is 5. The fraction of sp³-hybridized carbons (Fsp3) is 0.273. The van der Waals surface area contributed by atoms with Gasteiger partial charge in [-0.3, -0.25) is 10.1 Å². The van der Waals surface area contributed by atoms with E-state index in [4.69, 9.17) is 2.74 Å². The number of nitro groups is 1. The van der Waals surface area contributed by atoms with Gasteiger partial charge in [-0.25, -0.2) is 0 Å². The van der Waals surface area contributed by atoms with E-state index in [1.807, 2.05) is 0 Å². The quantitative estimate of drug-likeness (QED) is 0.665. The highest BCUT2D eigenvalue weighted by Gasteiger charge is 2.22. The van der Waals surface area contributed by atoms with E-state index in [1.165, 1.54) is 26.2 Å². The van der Waals surface area contributed by atoms with Crippen molar-refractivity contribution in [1.29, 1.82) is 0 Å². The van der Waals surface area contributed by atoms with Gasteiger partial charge in [-0.2, -0.15) is 19.4 Å². The number of aromatic nitrogens is 3. The minimum Gasteiger partial charge on any atom is -0.314 e. The zero-order valence-electron chi connectivity index (χ0n) is 12.2. The first kappa shape index (κ1) is 10.6. The number of benzene rings is 1. The smallest absolute Gasteiger partial charge is 0.305 e. The van der Waals surface area contributed by atoms with Crippen LogP contribution in [0.2, 0.25) is 0 Å². The predicted octanol–water partition coefficient (Wildman–Crippen LogP) is 1.25. The summed E-state index contributed by atoms with van der Waals surface area (Å²) in [6.07, 6.45) is 0. The van der Waals surface area contributed by atoms with Gasteiger partial charge in [0, 0.05) is 27.9 Å². The SMILES string of the molecule is [2H]C([2H])(NC)c1nn(C)nc1-c1cccc([N+](=O)[O-])c1F. The summed E-state index contributed by atoms with van der Waals surface area (Å²) in [6, 6.07) is 3.63. The summed E-state index contributed by atoms with van der Waals surface area (Å²) in [6.45, 7) is -2.05. The number of hydrogen-bond donors (Lipinski definition) is 1. The number of nitrogens with zero attached hydrogens (tertiary/aromatic N) is 4. The van der Waals surface area contributed by atoms with Crippen LogP contribution in [0.3, 0.4) is 0 Å². The van der Waals surface area contributed by atoms with E-state index in [0.29, 0.717) is 0 Å². The van der Waals surface area contributed by atoms with Crippen molar-refractivity contribution in [3.63, 3.8) is 0 Å². The van der Waals surface area contributed by atoms with Crippen LogP contribution < -0.4 is 5.32 Å². The summed E-state index contributed by atoms with van der Waals surface area (Å²) < 4.78 is 29.9. The van der Waals surface area contributed by atoms with Gasteiger partial charge in [0.15, 0.2) is 0 Å². The van der Waals surface area contributed by atoms with Crippen LogP contribution in [0.5, 0.6) is 0 Å². The number of rotatable bonds is 4. The molecule has 0 aliphatic rings. The Morgan fingerprint density at radius 3 is 2.95 bits per heavy atom. The van der Waals surface area contributed by atoms with Crippen LogP contribution in [0, 0.1) is 15.9 Å². The highest BCUT2D eigenvalue weighted by molar-refractivity contribution is 5.65. The predicted molar refractivity (Wildman–Crippen MR) is 65.8 cm³/mol. The lowest BCUT2D eigenvalue weighted by atomic mass is 10.1. The lowest BCUT2D eigenvalue weighted by Gasteiger charge is -2.02. The van der Waals surface area contributed by atoms with E-state index in [2.05, 4.69) is 15.5 Å². The standard InChI is InChI=1S/C11H12FN5O2/c1-13-6-8-11(15-16(2)14-8)7-4-3-5-9(10(7)12)17(18)19/h3-5,13H,6H2,1-2H3/i6D2. The van der Waals surface area contributed by atoms with Gasteiger partial charge in [-0.05, 0) is 13.1 Å². The average Bonchev–Trinajstić information content (AvgIpc) is 2.81. The van der Waals surface area contributed by atoms with E-state index >= 15 is 0 Å². The van der Waals surface area contributed by atoms with Gasteiger partial charge in [-0.1, -0.05) is 6.07 Å². The molecule has 1 N–H and O–H groups in total. The third kappa shape index (κ3) is 2.43. The third-order valence-electron chi connectivity index (χ3n) is 2.39. The monoisotopic (exact) mass is 267 g/mol. The van der Waals surface area contributed by atoms with E-state index in [-0.39, 0.29) is 17.0 Å². The molecule has 0 aliphatic heterocycles. The Kier molecular flexibility index (Phi) is 2.84. The largest absolute Gasteiger partial charge is 0.314 e. The summed E-state index contributed by atoms with van der Waals surface area (Å²) in [4.78, 5) is 11.0. The minimum atomic E-state index is -2.05. The summed E-state index contributed by atoms with van der Waals surface area (Å²) in [5, 5.41) is 21.0. The molecule has 0 bridgehead atoms. The zero-order chi connectivity index (χ0) is 15.8. The fourth-order valence-electron chi connectivity index (χ4n) is 1.63. The molecule has 0 saturated heterocycles. The Balaban J connectivity index is 2.69. The molecule has 0 fully saturated rings. The highest BCUT2D eigenvalue weighted by Crippen LogP contribution is 2.29. The molecule has 19 heavy (non-hydrogen) atoms. The molecule has 0 aliphatic carbocycles. The molecule has 0 atom stereocenters. The maximum atomic E-state index is 14.2. The first-order chi connectivity index (χ1) is 9.77. The molecule has 0 saturated carbocycles. The lowest BCUT2D eigenvalue weighted by molar-refractivity contribution is -0.387. The molecule has 0 spiro atoms. The molecule has 7 nitrogen and oxygen atoms in total. The summed E-state index contributed by atoms with van der Waals surface area (Å²) in [5.74, 6) is -1.07. The second-order valence-electron chi connectivity index (χ2n) is 3.66. The van der Waals surface area contributed by atoms with Crippen molar-refractivity contribution in [2.24, 2.45) is 7.05 Å². The molecule has 1 aromatic heterocycles. The molecule has 0 radical (unpaired) electrons. The van der Waals surface area contributed by atoms with Gasteiger partial charge in [0.25, 0.3) is 0 Å². The van der Waals surface area contributed by atoms with E-state index < -0.39 is 22.9 Å². The second kappa shape index (κ2) is 5.11. The molecule has 2 rings (SSSR count). The van der Waals surface area contributed by atoms with Gasteiger partial charge in [0.2, 0.25) is 5.82 Å². The Labute approximate surface area is 111 Å². The number of nitrogens with one attached hydrogen (secondary N) is 1.